The molecule has 0 atom stereocenters. The van der Waals surface area contributed by atoms with Crippen molar-refractivity contribution in [1.29, 1.82) is 0 Å². The van der Waals surface area contributed by atoms with E-state index in [0.29, 0.717) is 6.42 Å². The second-order valence-corrected chi connectivity index (χ2v) is 2.95. The molecular formula is C10H12ClF3. The molecule has 0 fully saturated rings. The summed E-state index contributed by atoms with van der Waals surface area (Å²) >= 11 is 0. The molecule has 14 heavy (non-hydrogen) atoms. The fourth-order valence-corrected chi connectivity index (χ4v) is 1.19. The Morgan fingerprint density at radius 3 is 2.36 bits per heavy atom. The van der Waals surface area contributed by atoms with E-state index in [1.54, 1.807) is 6.07 Å². The molecule has 1 rings (SSSR count). The van der Waals surface area contributed by atoms with Crippen LogP contribution in [0.5, 0.6) is 0 Å². The van der Waals surface area contributed by atoms with Gasteiger partial charge < -0.3 is 0 Å². The van der Waals surface area contributed by atoms with Crippen LogP contribution in [0.4, 0.5) is 13.2 Å². The Balaban J connectivity index is 0.00000169. The van der Waals surface area contributed by atoms with E-state index in [1.165, 1.54) is 12.1 Å². The van der Waals surface area contributed by atoms with Gasteiger partial charge in [-0.2, -0.15) is 13.2 Å². The van der Waals surface area contributed by atoms with Crippen molar-refractivity contribution in [2.75, 3.05) is 0 Å². The molecule has 0 bridgehead atoms. The molecule has 0 radical (unpaired) electrons. The molecule has 0 aliphatic carbocycles. The first kappa shape index (κ1) is 13.3. The minimum Gasteiger partial charge on any atom is -0.166 e. The molecule has 0 spiro atoms. The number of halogens is 4. The second-order valence-electron chi connectivity index (χ2n) is 2.95. The van der Waals surface area contributed by atoms with Crippen LogP contribution in [-0.4, -0.2) is 0 Å². The first-order valence-corrected chi connectivity index (χ1v) is 4.20. The second kappa shape index (κ2) is 5.25. The summed E-state index contributed by atoms with van der Waals surface area (Å²) < 4.78 is 36.6. The molecule has 1 aromatic carbocycles. The molecule has 0 amide bonds. The van der Waals surface area contributed by atoms with Crippen LogP contribution in [0.2, 0.25) is 0 Å². The molecule has 80 valence electrons. The number of rotatable bonds is 2. The zero-order valence-corrected chi connectivity index (χ0v) is 8.58. The quantitative estimate of drug-likeness (QED) is 0.710. The van der Waals surface area contributed by atoms with Crippen molar-refractivity contribution >= 4 is 12.4 Å². The lowest BCUT2D eigenvalue weighted by Crippen LogP contribution is -2.05. The van der Waals surface area contributed by atoms with Gasteiger partial charge in [0.15, 0.2) is 0 Å². The third kappa shape index (κ3) is 3.58. The third-order valence-electron chi connectivity index (χ3n) is 1.79. The number of alkyl halides is 3. The summed E-state index contributed by atoms with van der Waals surface area (Å²) in [6, 6.07) is 5.48. The molecule has 0 aliphatic heterocycles. The molecule has 0 nitrogen and oxygen atoms in total. The van der Waals surface area contributed by atoms with Gasteiger partial charge in [-0.3, -0.25) is 0 Å². The molecule has 1 aromatic rings. The zero-order valence-electron chi connectivity index (χ0n) is 7.77. The van der Waals surface area contributed by atoms with Gasteiger partial charge in [0.25, 0.3) is 0 Å². The maximum atomic E-state index is 12.2. The third-order valence-corrected chi connectivity index (χ3v) is 1.79. The maximum absolute atomic E-state index is 12.2. The van der Waals surface area contributed by atoms with Crippen molar-refractivity contribution in [3.8, 4) is 0 Å². The minimum atomic E-state index is -4.22. The fourth-order valence-electron chi connectivity index (χ4n) is 1.19. The zero-order chi connectivity index (χ0) is 9.90. The van der Waals surface area contributed by atoms with Gasteiger partial charge in [-0.1, -0.05) is 31.5 Å². The van der Waals surface area contributed by atoms with Crippen molar-refractivity contribution in [2.45, 2.75) is 25.9 Å². The van der Waals surface area contributed by atoms with E-state index in [-0.39, 0.29) is 12.4 Å². The molecule has 4 heteroatoms. The highest BCUT2D eigenvalue weighted by Crippen LogP contribution is 2.29. The van der Waals surface area contributed by atoms with Crippen LogP contribution in [0.1, 0.15) is 24.5 Å². The minimum absolute atomic E-state index is 0. The summed E-state index contributed by atoms with van der Waals surface area (Å²) in [6.07, 6.45) is -2.66. The van der Waals surface area contributed by atoms with Crippen molar-refractivity contribution in [3.05, 3.63) is 35.4 Å². The summed E-state index contributed by atoms with van der Waals surface area (Å²) in [5, 5.41) is 0. The summed E-state index contributed by atoms with van der Waals surface area (Å²) in [5.41, 5.74) is 0.191. The van der Waals surface area contributed by atoms with Crippen molar-refractivity contribution in [3.63, 3.8) is 0 Å². The SMILES string of the molecule is CCCc1cccc(C(F)(F)F)c1.Cl. The molecule has 0 aromatic heterocycles. The van der Waals surface area contributed by atoms with Gasteiger partial charge >= 0.3 is 6.18 Å². The maximum Gasteiger partial charge on any atom is 0.416 e. The monoisotopic (exact) mass is 224 g/mol. The lowest BCUT2D eigenvalue weighted by atomic mass is 10.1. The van der Waals surface area contributed by atoms with Crippen LogP contribution in [0.3, 0.4) is 0 Å². The average molecular weight is 225 g/mol. The summed E-state index contributed by atoms with van der Waals surface area (Å²) in [6.45, 7) is 1.94. The normalized spacial score (nSPS) is 10.9. The van der Waals surface area contributed by atoms with Gasteiger partial charge in [0.1, 0.15) is 0 Å². The summed E-state index contributed by atoms with van der Waals surface area (Å²) in [7, 11) is 0. The van der Waals surface area contributed by atoms with Crippen LogP contribution in [0.25, 0.3) is 0 Å². The largest absolute Gasteiger partial charge is 0.416 e. The van der Waals surface area contributed by atoms with E-state index in [4.69, 9.17) is 0 Å². The molecule has 0 saturated carbocycles. The first-order valence-electron chi connectivity index (χ1n) is 4.20. The highest BCUT2D eigenvalue weighted by atomic mass is 35.5. The van der Waals surface area contributed by atoms with E-state index in [9.17, 15) is 13.2 Å². The van der Waals surface area contributed by atoms with Gasteiger partial charge in [-0.05, 0) is 18.1 Å². The first-order chi connectivity index (χ1) is 6.04. The predicted molar refractivity (Wildman–Crippen MR) is 52.7 cm³/mol. The number of hydrogen-bond donors (Lipinski definition) is 0. The predicted octanol–water partition coefficient (Wildman–Crippen LogP) is 4.08. The van der Waals surface area contributed by atoms with Crippen LogP contribution >= 0.6 is 12.4 Å². The van der Waals surface area contributed by atoms with E-state index in [0.717, 1.165) is 18.1 Å². The van der Waals surface area contributed by atoms with Crippen LogP contribution in [0, 0.1) is 0 Å². The van der Waals surface area contributed by atoms with E-state index >= 15 is 0 Å². The average Bonchev–Trinajstić information content (AvgIpc) is 2.04. The van der Waals surface area contributed by atoms with Gasteiger partial charge in [-0.25, -0.2) is 0 Å². The number of benzene rings is 1. The molecule has 0 heterocycles. The van der Waals surface area contributed by atoms with Crippen LogP contribution in [-0.2, 0) is 12.6 Å². The van der Waals surface area contributed by atoms with E-state index in [1.807, 2.05) is 6.92 Å². The van der Waals surface area contributed by atoms with Gasteiger partial charge in [0, 0.05) is 0 Å². The molecule has 0 saturated heterocycles. The van der Waals surface area contributed by atoms with Crippen LogP contribution in [0.15, 0.2) is 24.3 Å². The van der Waals surface area contributed by atoms with Gasteiger partial charge in [0.2, 0.25) is 0 Å². The fraction of sp³-hybridized carbons (Fsp3) is 0.400. The van der Waals surface area contributed by atoms with Crippen molar-refractivity contribution in [2.24, 2.45) is 0 Å². The molecule has 0 unspecified atom stereocenters. The number of aryl methyl sites for hydroxylation is 1. The highest BCUT2D eigenvalue weighted by Gasteiger charge is 2.30. The molecule has 0 N–H and O–H groups in total. The Hall–Kier alpha value is -0.700. The van der Waals surface area contributed by atoms with Gasteiger partial charge in [0.05, 0.1) is 5.56 Å². The summed E-state index contributed by atoms with van der Waals surface area (Å²) in [4.78, 5) is 0. The van der Waals surface area contributed by atoms with Crippen LogP contribution < -0.4 is 0 Å². The Morgan fingerprint density at radius 1 is 1.21 bits per heavy atom. The summed E-state index contributed by atoms with van der Waals surface area (Å²) in [5.74, 6) is 0. The van der Waals surface area contributed by atoms with E-state index < -0.39 is 11.7 Å². The van der Waals surface area contributed by atoms with E-state index in [2.05, 4.69) is 0 Å². The smallest absolute Gasteiger partial charge is 0.166 e. The molecule has 0 aliphatic rings. The lowest BCUT2D eigenvalue weighted by Gasteiger charge is -2.07. The standard InChI is InChI=1S/C10H11F3.ClH/c1-2-4-8-5-3-6-9(7-8)10(11,12)13;/h3,5-7H,2,4H2,1H3;1H. The highest BCUT2D eigenvalue weighted by molar-refractivity contribution is 5.85. The lowest BCUT2D eigenvalue weighted by molar-refractivity contribution is -0.137. The Kier molecular flexibility index (Phi) is 4.99. The number of hydrogen-bond acceptors (Lipinski definition) is 0. The Morgan fingerprint density at radius 2 is 1.86 bits per heavy atom. The van der Waals surface area contributed by atoms with Crippen molar-refractivity contribution < 1.29 is 13.2 Å². The Bertz CT molecular complexity index is 281. The molecular weight excluding hydrogens is 213 g/mol. The Labute approximate surface area is 87.5 Å². The topological polar surface area (TPSA) is 0 Å². The van der Waals surface area contributed by atoms with Crippen molar-refractivity contribution in [1.82, 2.24) is 0 Å². The van der Waals surface area contributed by atoms with Gasteiger partial charge in [-0.15, -0.1) is 12.4 Å².